The van der Waals surface area contributed by atoms with Gasteiger partial charge in [0.2, 0.25) is 0 Å². The first-order valence-corrected chi connectivity index (χ1v) is 4.52. The van der Waals surface area contributed by atoms with Gasteiger partial charge in [0.15, 0.2) is 0 Å². The fourth-order valence-electron chi connectivity index (χ4n) is 1.12. The van der Waals surface area contributed by atoms with Crippen molar-refractivity contribution in [2.24, 2.45) is 5.73 Å². The van der Waals surface area contributed by atoms with Crippen molar-refractivity contribution in [3.05, 3.63) is 34.3 Å². The van der Waals surface area contributed by atoms with Crippen LogP contribution in [0.3, 0.4) is 0 Å². The summed E-state index contributed by atoms with van der Waals surface area (Å²) < 4.78 is 0. The number of benzene rings is 1. The normalized spacial score (nSPS) is 12.2. The van der Waals surface area contributed by atoms with Crippen LogP contribution >= 0.6 is 11.6 Å². The van der Waals surface area contributed by atoms with Crippen molar-refractivity contribution >= 4 is 11.6 Å². The molecule has 0 radical (unpaired) electrons. The largest absolute Gasteiger partial charge is 0.324 e. The highest BCUT2D eigenvalue weighted by Gasteiger charge is 2.07. The molecule has 3 heteroatoms. The van der Waals surface area contributed by atoms with Crippen molar-refractivity contribution in [3.63, 3.8) is 0 Å². The molecule has 1 aromatic rings. The molecule has 2 nitrogen and oxygen atoms in total. The van der Waals surface area contributed by atoms with E-state index in [1.54, 1.807) is 12.1 Å². The van der Waals surface area contributed by atoms with Crippen LogP contribution < -0.4 is 5.73 Å². The molecule has 1 aromatic carbocycles. The van der Waals surface area contributed by atoms with Crippen molar-refractivity contribution in [1.29, 1.82) is 5.26 Å². The molecule has 0 heterocycles. The van der Waals surface area contributed by atoms with Crippen LogP contribution in [0.5, 0.6) is 0 Å². The quantitative estimate of drug-likeness (QED) is 0.787. The van der Waals surface area contributed by atoms with Crippen molar-refractivity contribution in [3.8, 4) is 6.07 Å². The highest BCUT2D eigenvalue weighted by Crippen LogP contribution is 2.24. The van der Waals surface area contributed by atoms with Crippen LogP contribution in [0.4, 0.5) is 0 Å². The molecule has 2 N–H and O–H groups in total. The summed E-state index contributed by atoms with van der Waals surface area (Å²) in [7, 11) is 0. The van der Waals surface area contributed by atoms with Crippen molar-refractivity contribution in [1.82, 2.24) is 0 Å². The number of hydrogen-bond acceptors (Lipinski definition) is 2. The van der Waals surface area contributed by atoms with Gasteiger partial charge in [-0.25, -0.2) is 0 Å². The van der Waals surface area contributed by atoms with Gasteiger partial charge in [-0.1, -0.05) is 24.6 Å². The molecule has 0 bridgehead atoms. The van der Waals surface area contributed by atoms with E-state index in [0.717, 1.165) is 12.0 Å². The van der Waals surface area contributed by atoms with E-state index >= 15 is 0 Å². The Morgan fingerprint density at radius 3 is 2.77 bits per heavy atom. The highest BCUT2D eigenvalue weighted by molar-refractivity contribution is 6.31. The molecule has 0 spiro atoms. The summed E-state index contributed by atoms with van der Waals surface area (Å²) >= 11 is 5.95. The molecule has 0 aromatic heterocycles. The van der Waals surface area contributed by atoms with E-state index in [1.807, 2.05) is 19.1 Å². The Morgan fingerprint density at radius 2 is 2.31 bits per heavy atom. The van der Waals surface area contributed by atoms with Crippen LogP contribution in [0.2, 0.25) is 5.02 Å². The summed E-state index contributed by atoms with van der Waals surface area (Å²) in [4.78, 5) is 0. The minimum absolute atomic E-state index is 0.0414. The van der Waals surface area contributed by atoms with E-state index in [1.165, 1.54) is 0 Å². The van der Waals surface area contributed by atoms with Crippen LogP contribution in [-0.2, 0) is 0 Å². The van der Waals surface area contributed by atoms with E-state index in [2.05, 4.69) is 0 Å². The van der Waals surface area contributed by atoms with Crippen molar-refractivity contribution in [2.45, 2.75) is 19.4 Å². The van der Waals surface area contributed by atoms with E-state index in [-0.39, 0.29) is 6.04 Å². The fraction of sp³-hybridized carbons (Fsp3) is 0.300. The van der Waals surface area contributed by atoms with Crippen LogP contribution in [0, 0.1) is 11.3 Å². The van der Waals surface area contributed by atoms with Gasteiger partial charge in [0.1, 0.15) is 0 Å². The Kier molecular flexibility index (Phi) is 3.30. The second kappa shape index (κ2) is 4.27. The number of halogens is 1. The summed E-state index contributed by atoms with van der Waals surface area (Å²) in [6.45, 7) is 2.00. The molecule has 0 saturated carbocycles. The summed E-state index contributed by atoms with van der Waals surface area (Å²) in [5.41, 5.74) is 7.29. The van der Waals surface area contributed by atoms with Crippen LogP contribution in [0.1, 0.15) is 30.5 Å². The van der Waals surface area contributed by atoms with Crippen molar-refractivity contribution < 1.29 is 0 Å². The molecule has 0 saturated heterocycles. The number of nitrogens with two attached hydrogens (primary N) is 1. The lowest BCUT2D eigenvalue weighted by Gasteiger charge is -2.10. The molecule has 13 heavy (non-hydrogen) atoms. The molecule has 68 valence electrons. The van der Waals surface area contributed by atoms with Crippen LogP contribution in [-0.4, -0.2) is 0 Å². The molecule has 0 amide bonds. The Bertz CT molecular complexity index is 341. The summed E-state index contributed by atoms with van der Waals surface area (Å²) in [5, 5.41) is 9.19. The minimum Gasteiger partial charge on any atom is -0.324 e. The zero-order chi connectivity index (χ0) is 9.84. The molecule has 0 unspecified atom stereocenters. The zero-order valence-electron chi connectivity index (χ0n) is 7.42. The van der Waals surface area contributed by atoms with E-state index in [4.69, 9.17) is 22.6 Å². The first kappa shape index (κ1) is 10.0. The Morgan fingerprint density at radius 1 is 1.62 bits per heavy atom. The number of nitriles is 1. The molecule has 0 fully saturated rings. The smallest absolute Gasteiger partial charge is 0.0992 e. The SMILES string of the molecule is CC[C@H](N)c1ccc(C#N)cc1Cl. The Balaban J connectivity index is 3.07. The Labute approximate surface area is 82.9 Å². The standard InChI is InChI=1S/C10H11ClN2/c1-2-10(13)8-4-3-7(6-12)5-9(8)11/h3-5,10H,2,13H2,1H3/t10-/m0/s1. The first-order valence-electron chi connectivity index (χ1n) is 4.14. The molecule has 0 aliphatic heterocycles. The fourth-order valence-corrected chi connectivity index (χ4v) is 1.44. The predicted octanol–water partition coefficient (Wildman–Crippen LogP) is 2.62. The van der Waals surface area contributed by atoms with Crippen LogP contribution in [0.15, 0.2) is 18.2 Å². The topological polar surface area (TPSA) is 49.8 Å². The van der Waals surface area contributed by atoms with Gasteiger partial charge in [0.05, 0.1) is 11.6 Å². The molecule has 0 aliphatic rings. The summed E-state index contributed by atoms with van der Waals surface area (Å²) in [5.74, 6) is 0. The molecule has 1 rings (SSSR count). The molecular weight excluding hydrogens is 184 g/mol. The van der Waals surface area contributed by atoms with E-state index in [9.17, 15) is 0 Å². The Hall–Kier alpha value is -1.04. The van der Waals surface area contributed by atoms with Gasteiger partial charge >= 0.3 is 0 Å². The second-order valence-electron chi connectivity index (χ2n) is 2.86. The summed E-state index contributed by atoms with van der Waals surface area (Å²) in [6.07, 6.45) is 0.839. The van der Waals surface area contributed by atoms with E-state index < -0.39 is 0 Å². The number of nitrogens with zero attached hydrogens (tertiary/aromatic N) is 1. The number of rotatable bonds is 2. The second-order valence-corrected chi connectivity index (χ2v) is 3.27. The van der Waals surface area contributed by atoms with E-state index in [0.29, 0.717) is 10.6 Å². The van der Waals surface area contributed by atoms with Gasteiger partial charge in [-0.05, 0) is 24.1 Å². The molecule has 1 atom stereocenters. The lowest BCUT2D eigenvalue weighted by molar-refractivity contribution is 0.699. The van der Waals surface area contributed by atoms with Gasteiger partial charge in [-0.3, -0.25) is 0 Å². The third kappa shape index (κ3) is 2.21. The average molecular weight is 195 g/mol. The lowest BCUT2D eigenvalue weighted by atomic mass is 10.0. The summed E-state index contributed by atoms with van der Waals surface area (Å²) in [6, 6.07) is 7.18. The first-order chi connectivity index (χ1) is 6.19. The van der Waals surface area contributed by atoms with Gasteiger partial charge in [-0.15, -0.1) is 0 Å². The van der Waals surface area contributed by atoms with Gasteiger partial charge in [0, 0.05) is 11.1 Å². The van der Waals surface area contributed by atoms with Crippen molar-refractivity contribution in [2.75, 3.05) is 0 Å². The maximum atomic E-state index is 8.61. The van der Waals surface area contributed by atoms with Gasteiger partial charge < -0.3 is 5.73 Å². The average Bonchev–Trinajstić information content (AvgIpc) is 2.16. The third-order valence-electron chi connectivity index (χ3n) is 1.97. The maximum Gasteiger partial charge on any atom is 0.0992 e. The number of hydrogen-bond donors (Lipinski definition) is 1. The molecule has 0 aliphatic carbocycles. The zero-order valence-corrected chi connectivity index (χ0v) is 8.17. The monoisotopic (exact) mass is 194 g/mol. The minimum atomic E-state index is -0.0414. The third-order valence-corrected chi connectivity index (χ3v) is 2.30. The van der Waals surface area contributed by atoms with Gasteiger partial charge in [0.25, 0.3) is 0 Å². The van der Waals surface area contributed by atoms with Crippen LogP contribution in [0.25, 0.3) is 0 Å². The van der Waals surface area contributed by atoms with Gasteiger partial charge in [-0.2, -0.15) is 5.26 Å². The predicted molar refractivity (Wildman–Crippen MR) is 53.4 cm³/mol. The maximum absolute atomic E-state index is 8.61. The molecular formula is C10H11ClN2. The highest BCUT2D eigenvalue weighted by atomic mass is 35.5. The lowest BCUT2D eigenvalue weighted by Crippen LogP contribution is -2.09.